The molecule has 2 aromatic rings. The summed E-state index contributed by atoms with van der Waals surface area (Å²) in [7, 11) is 3.23. The minimum absolute atomic E-state index is 0.408. The molecule has 5 nitrogen and oxygen atoms in total. The number of rotatable bonds is 5. The van der Waals surface area contributed by atoms with Crippen molar-refractivity contribution in [2.45, 2.75) is 13.0 Å². The summed E-state index contributed by atoms with van der Waals surface area (Å²) in [6.07, 6.45) is 1.04. The maximum Gasteiger partial charge on any atom is 0.130 e. The molecule has 1 aliphatic rings. The van der Waals surface area contributed by atoms with Crippen LogP contribution < -0.4 is 19.5 Å². The molecule has 0 fully saturated rings. The normalized spacial score (nSPS) is 12.5. The second kappa shape index (κ2) is 5.91. The Morgan fingerprint density at radius 3 is 2.48 bits per heavy atom. The van der Waals surface area contributed by atoms with E-state index in [-0.39, 0.29) is 0 Å². The molecule has 0 amide bonds. The van der Waals surface area contributed by atoms with Gasteiger partial charge in [0.05, 0.1) is 19.9 Å². The zero-order valence-corrected chi connectivity index (χ0v) is 12.2. The minimum atomic E-state index is 0.408. The average Bonchev–Trinajstić information content (AvgIpc) is 3.00. The van der Waals surface area contributed by atoms with Crippen LogP contribution in [0.1, 0.15) is 11.3 Å². The SMILES string of the molecule is COc1cc(OC)cc(OCc2ccc3c(n2)NCC3)c1. The molecule has 1 N–H and O–H groups in total. The highest BCUT2D eigenvalue weighted by Crippen LogP contribution is 2.28. The predicted octanol–water partition coefficient (Wildman–Crippen LogP) is 2.65. The highest BCUT2D eigenvalue weighted by molar-refractivity contribution is 5.49. The van der Waals surface area contributed by atoms with E-state index in [0.29, 0.717) is 23.9 Å². The van der Waals surface area contributed by atoms with Crippen molar-refractivity contribution < 1.29 is 14.2 Å². The summed E-state index contributed by atoms with van der Waals surface area (Å²) >= 11 is 0. The number of fused-ring (bicyclic) bond motifs is 1. The molecule has 1 aromatic heterocycles. The van der Waals surface area contributed by atoms with Gasteiger partial charge in [-0.1, -0.05) is 6.07 Å². The van der Waals surface area contributed by atoms with Crippen molar-refractivity contribution in [1.82, 2.24) is 4.98 Å². The topological polar surface area (TPSA) is 52.6 Å². The lowest BCUT2D eigenvalue weighted by Crippen LogP contribution is -2.01. The molecular formula is C16H18N2O3. The van der Waals surface area contributed by atoms with Gasteiger partial charge in [-0.15, -0.1) is 0 Å². The van der Waals surface area contributed by atoms with Crippen LogP contribution in [-0.2, 0) is 13.0 Å². The zero-order chi connectivity index (χ0) is 14.7. The Hall–Kier alpha value is -2.43. The number of hydrogen-bond donors (Lipinski definition) is 1. The molecule has 0 bridgehead atoms. The number of benzene rings is 1. The number of aromatic nitrogens is 1. The standard InChI is InChI=1S/C16H18N2O3/c1-19-13-7-14(20-2)9-15(8-13)21-10-12-4-3-11-5-6-17-16(11)18-12/h3-4,7-9H,5-6,10H2,1-2H3,(H,17,18). The van der Waals surface area contributed by atoms with Crippen LogP contribution in [0.3, 0.4) is 0 Å². The van der Waals surface area contributed by atoms with E-state index >= 15 is 0 Å². The van der Waals surface area contributed by atoms with Gasteiger partial charge in [0.1, 0.15) is 29.7 Å². The molecule has 1 aromatic carbocycles. The van der Waals surface area contributed by atoms with Crippen molar-refractivity contribution in [2.24, 2.45) is 0 Å². The van der Waals surface area contributed by atoms with Gasteiger partial charge in [0.15, 0.2) is 0 Å². The average molecular weight is 286 g/mol. The van der Waals surface area contributed by atoms with Gasteiger partial charge in [-0.2, -0.15) is 0 Å². The summed E-state index contributed by atoms with van der Waals surface area (Å²) in [6.45, 7) is 1.37. The van der Waals surface area contributed by atoms with Crippen LogP contribution in [0.5, 0.6) is 17.2 Å². The summed E-state index contributed by atoms with van der Waals surface area (Å²) < 4.78 is 16.2. The van der Waals surface area contributed by atoms with Gasteiger partial charge in [0.2, 0.25) is 0 Å². The number of hydrogen-bond acceptors (Lipinski definition) is 5. The van der Waals surface area contributed by atoms with Gasteiger partial charge in [-0.3, -0.25) is 0 Å². The molecule has 21 heavy (non-hydrogen) atoms. The fourth-order valence-electron chi connectivity index (χ4n) is 2.30. The first-order valence-electron chi connectivity index (χ1n) is 6.87. The molecule has 2 heterocycles. The van der Waals surface area contributed by atoms with Crippen molar-refractivity contribution >= 4 is 5.82 Å². The summed E-state index contributed by atoms with van der Waals surface area (Å²) in [4.78, 5) is 4.55. The molecule has 0 unspecified atom stereocenters. The highest BCUT2D eigenvalue weighted by Gasteiger charge is 2.12. The van der Waals surface area contributed by atoms with Gasteiger partial charge in [0, 0.05) is 24.7 Å². The van der Waals surface area contributed by atoms with Gasteiger partial charge in [0.25, 0.3) is 0 Å². The van der Waals surface area contributed by atoms with Crippen LogP contribution in [0.2, 0.25) is 0 Å². The van der Waals surface area contributed by atoms with E-state index in [9.17, 15) is 0 Å². The number of methoxy groups -OCH3 is 2. The Kier molecular flexibility index (Phi) is 3.81. The van der Waals surface area contributed by atoms with Crippen LogP contribution in [0.4, 0.5) is 5.82 Å². The van der Waals surface area contributed by atoms with E-state index < -0.39 is 0 Å². The van der Waals surface area contributed by atoms with Crippen LogP contribution in [0.25, 0.3) is 0 Å². The lowest BCUT2D eigenvalue weighted by Gasteiger charge is -2.10. The molecule has 0 saturated heterocycles. The maximum absolute atomic E-state index is 5.79. The van der Waals surface area contributed by atoms with Crippen molar-refractivity contribution in [1.29, 1.82) is 0 Å². The summed E-state index contributed by atoms with van der Waals surface area (Å²) in [5.74, 6) is 3.07. The number of nitrogens with one attached hydrogen (secondary N) is 1. The lowest BCUT2D eigenvalue weighted by atomic mass is 10.2. The molecule has 1 aliphatic heterocycles. The predicted molar refractivity (Wildman–Crippen MR) is 80.3 cm³/mol. The van der Waals surface area contributed by atoms with Gasteiger partial charge >= 0.3 is 0 Å². The van der Waals surface area contributed by atoms with Gasteiger partial charge in [-0.05, 0) is 18.1 Å². The molecule has 3 rings (SSSR count). The smallest absolute Gasteiger partial charge is 0.130 e. The third-order valence-corrected chi connectivity index (χ3v) is 3.43. The van der Waals surface area contributed by atoms with E-state index in [2.05, 4.69) is 16.4 Å². The Balaban J connectivity index is 1.72. The highest BCUT2D eigenvalue weighted by atomic mass is 16.5. The van der Waals surface area contributed by atoms with E-state index in [1.807, 2.05) is 24.3 Å². The maximum atomic E-state index is 5.79. The molecule has 0 atom stereocenters. The summed E-state index contributed by atoms with van der Waals surface area (Å²) in [5, 5.41) is 3.27. The Labute approximate surface area is 123 Å². The van der Waals surface area contributed by atoms with Crippen LogP contribution in [0.15, 0.2) is 30.3 Å². The zero-order valence-electron chi connectivity index (χ0n) is 12.2. The Morgan fingerprint density at radius 2 is 1.76 bits per heavy atom. The largest absolute Gasteiger partial charge is 0.496 e. The van der Waals surface area contributed by atoms with E-state index in [0.717, 1.165) is 24.5 Å². The fourth-order valence-corrected chi connectivity index (χ4v) is 2.30. The monoisotopic (exact) mass is 286 g/mol. The van der Waals surface area contributed by atoms with Crippen LogP contribution >= 0.6 is 0 Å². The number of anilines is 1. The summed E-state index contributed by atoms with van der Waals surface area (Å²) in [5.41, 5.74) is 2.16. The van der Waals surface area contributed by atoms with E-state index in [1.165, 1.54) is 5.56 Å². The molecule has 0 aliphatic carbocycles. The molecule has 5 heteroatoms. The Bertz CT molecular complexity index is 621. The van der Waals surface area contributed by atoms with Gasteiger partial charge in [-0.25, -0.2) is 4.98 Å². The second-order valence-corrected chi connectivity index (χ2v) is 4.82. The molecular weight excluding hydrogens is 268 g/mol. The van der Waals surface area contributed by atoms with E-state index in [1.54, 1.807) is 14.2 Å². The minimum Gasteiger partial charge on any atom is -0.496 e. The van der Waals surface area contributed by atoms with Crippen molar-refractivity contribution in [3.05, 3.63) is 41.6 Å². The summed E-state index contributed by atoms with van der Waals surface area (Å²) in [6, 6.07) is 9.57. The fraction of sp³-hybridized carbons (Fsp3) is 0.312. The van der Waals surface area contributed by atoms with Crippen LogP contribution in [0, 0.1) is 0 Å². The molecule has 110 valence electrons. The quantitative estimate of drug-likeness (QED) is 0.915. The van der Waals surface area contributed by atoms with E-state index in [4.69, 9.17) is 14.2 Å². The number of ether oxygens (including phenoxy) is 3. The van der Waals surface area contributed by atoms with Crippen molar-refractivity contribution in [3.63, 3.8) is 0 Å². The van der Waals surface area contributed by atoms with Gasteiger partial charge < -0.3 is 19.5 Å². The number of pyridine rings is 1. The van der Waals surface area contributed by atoms with Crippen molar-refractivity contribution in [2.75, 3.05) is 26.1 Å². The Morgan fingerprint density at radius 1 is 1.05 bits per heavy atom. The first-order chi connectivity index (χ1) is 10.3. The third-order valence-electron chi connectivity index (χ3n) is 3.43. The lowest BCUT2D eigenvalue weighted by molar-refractivity contribution is 0.296. The second-order valence-electron chi connectivity index (χ2n) is 4.82. The first kappa shape index (κ1) is 13.5. The third kappa shape index (κ3) is 3.02. The number of nitrogens with zero attached hydrogens (tertiary/aromatic N) is 1. The molecule has 0 spiro atoms. The molecule has 0 radical (unpaired) electrons. The molecule has 0 saturated carbocycles. The van der Waals surface area contributed by atoms with Crippen LogP contribution in [-0.4, -0.2) is 25.7 Å². The van der Waals surface area contributed by atoms with Crippen molar-refractivity contribution in [3.8, 4) is 17.2 Å². The first-order valence-corrected chi connectivity index (χ1v) is 6.87.